The normalized spacial score (nSPS) is 13.8. The summed E-state index contributed by atoms with van der Waals surface area (Å²) in [6.45, 7) is 13.2. The van der Waals surface area contributed by atoms with Gasteiger partial charge in [-0.3, -0.25) is 0 Å². The Morgan fingerprint density at radius 3 is 2.22 bits per heavy atom. The minimum absolute atomic E-state index is 0.115. The predicted molar refractivity (Wildman–Crippen MR) is 79.2 cm³/mol. The van der Waals surface area contributed by atoms with Crippen molar-refractivity contribution in [3.8, 4) is 0 Å². The van der Waals surface area contributed by atoms with Crippen molar-refractivity contribution >= 4 is 5.69 Å². The Labute approximate surface area is 111 Å². The highest BCUT2D eigenvalue weighted by Gasteiger charge is 2.16. The highest BCUT2D eigenvalue weighted by Crippen LogP contribution is 2.27. The van der Waals surface area contributed by atoms with Crippen LogP contribution in [0.3, 0.4) is 0 Å². The molecule has 102 valence electrons. The molecule has 0 spiro atoms. The van der Waals surface area contributed by atoms with E-state index in [9.17, 15) is 5.11 Å². The smallest absolute Gasteiger partial charge is 0.0635 e. The molecule has 1 atom stereocenters. The van der Waals surface area contributed by atoms with Crippen LogP contribution in [0.5, 0.6) is 0 Å². The zero-order valence-corrected chi connectivity index (χ0v) is 12.5. The van der Waals surface area contributed by atoms with E-state index in [1.807, 2.05) is 0 Å². The molecule has 0 saturated carbocycles. The lowest BCUT2D eigenvalue weighted by molar-refractivity contribution is 0.249. The number of anilines is 1. The van der Waals surface area contributed by atoms with Crippen molar-refractivity contribution in [2.24, 2.45) is 5.92 Å². The van der Waals surface area contributed by atoms with Crippen LogP contribution < -0.4 is 5.32 Å². The van der Waals surface area contributed by atoms with Gasteiger partial charge in [-0.1, -0.05) is 46.8 Å². The van der Waals surface area contributed by atoms with Gasteiger partial charge in [0.15, 0.2) is 0 Å². The molecular weight excluding hydrogens is 222 g/mol. The third-order valence-electron chi connectivity index (χ3n) is 3.43. The lowest BCUT2D eigenvalue weighted by atomic mass is 9.86. The Hall–Kier alpha value is -1.02. The Balaban J connectivity index is 2.93. The first kappa shape index (κ1) is 15.0. The van der Waals surface area contributed by atoms with E-state index in [1.54, 1.807) is 0 Å². The first-order valence-corrected chi connectivity index (χ1v) is 6.74. The van der Waals surface area contributed by atoms with E-state index in [0.717, 1.165) is 5.69 Å². The van der Waals surface area contributed by atoms with E-state index < -0.39 is 0 Å². The molecule has 18 heavy (non-hydrogen) atoms. The summed E-state index contributed by atoms with van der Waals surface area (Å²) >= 11 is 0. The topological polar surface area (TPSA) is 32.3 Å². The fourth-order valence-electron chi connectivity index (χ4n) is 1.91. The third kappa shape index (κ3) is 3.74. The van der Waals surface area contributed by atoms with Gasteiger partial charge in [0.25, 0.3) is 0 Å². The molecule has 2 heteroatoms. The van der Waals surface area contributed by atoms with Crippen molar-refractivity contribution in [2.75, 3.05) is 11.9 Å². The van der Waals surface area contributed by atoms with Gasteiger partial charge in [0.1, 0.15) is 0 Å². The van der Waals surface area contributed by atoms with Crippen LogP contribution in [0.15, 0.2) is 18.2 Å². The average Bonchev–Trinajstić information content (AvgIpc) is 2.25. The summed E-state index contributed by atoms with van der Waals surface area (Å²) in [6.07, 6.45) is 0. The molecule has 0 aliphatic carbocycles. The number of nitrogens with one attached hydrogen (secondary N) is 1. The van der Waals surface area contributed by atoms with Crippen molar-refractivity contribution in [2.45, 2.75) is 53.0 Å². The molecule has 1 aromatic carbocycles. The Morgan fingerprint density at radius 1 is 1.22 bits per heavy atom. The van der Waals surface area contributed by atoms with Crippen molar-refractivity contribution in [3.63, 3.8) is 0 Å². The molecule has 1 aromatic rings. The third-order valence-corrected chi connectivity index (χ3v) is 3.43. The molecule has 1 rings (SSSR count). The first-order valence-electron chi connectivity index (χ1n) is 6.74. The molecule has 0 fully saturated rings. The van der Waals surface area contributed by atoms with Gasteiger partial charge in [0.2, 0.25) is 0 Å². The zero-order valence-electron chi connectivity index (χ0n) is 12.5. The molecule has 0 saturated heterocycles. The van der Waals surface area contributed by atoms with Gasteiger partial charge in [0.05, 0.1) is 12.6 Å². The Kier molecular flexibility index (Phi) is 4.80. The number of aryl methyl sites for hydroxylation is 1. The molecule has 0 aromatic heterocycles. The molecule has 1 unspecified atom stereocenters. The second kappa shape index (κ2) is 5.75. The Bertz CT molecular complexity index is 391. The molecule has 0 bridgehead atoms. The number of benzene rings is 1. The number of hydrogen-bond donors (Lipinski definition) is 2. The highest BCUT2D eigenvalue weighted by atomic mass is 16.3. The summed E-state index contributed by atoms with van der Waals surface area (Å²) < 4.78 is 0. The molecule has 0 heterocycles. The monoisotopic (exact) mass is 249 g/mol. The van der Waals surface area contributed by atoms with Crippen LogP contribution in [0.1, 0.15) is 45.7 Å². The van der Waals surface area contributed by atoms with Crippen molar-refractivity contribution < 1.29 is 5.11 Å². The average molecular weight is 249 g/mol. The molecule has 0 aliphatic heterocycles. The second-order valence-electron chi connectivity index (χ2n) is 6.46. The van der Waals surface area contributed by atoms with Crippen molar-refractivity contribution in [3.05, 3.63) is 29.3 Å². The van der Waals surface area contributed by atoms with Crippen molar-refractivity contribution in [1.29, 1.82) is 0 Å². The summed E-state index contributed by atoms with van der Waals surface area (Å²) in [4.78, 5) is 0. The Morgan fingerprint density at radius 2 is 1.83 bits per heavy atom. The fraction of sp³-hybridized carbons (Fsp3) is 0.625. The van der Waals surface area contributed by atoms with Crippen molar-refractivity contribution in [1.82, 2.24) is 0 Å². The summed E-state index contributed by atoms with van der Waals surface area (Å²) in [5, 5.41) is 12.8. The van der Waals surface area contributed by atoms with Crippen LogP contribution in [0, 0.1) is 12.8 Å². The van der Waals surface area contributed by atoms with Crippen LogP contribution >= 0.6 is 0 Å². The van der Waals surface area contributed by atoms with Gasteiger partial charge >= 0.3 is 0 Å². The fourth-order valence-corrected chi connectivity index (χ4v) is 1.91. The molecular formula is C16H27NO. The maximum atomic E-state index is 9.37. The van der Waals surface area contributed by atoms with E-state index in [-0.39, 0.29) is 18.1 Å². The van der Waals surface area contributed by atoms with E-state index in [2.05, 4.69) is 65.1 Å². The van der Waals surface area contributed by atoms with Crippen LogP contribution in [-0.2, 0) is 5.41 Å². The van der Waals surface area contributed by atoms with E-state index in [1.165, 1.54) is 11.1 Å². The molecule has 0 amide bonds. The number of rotatable bonds is 4. The molecule has 2 nitrogen and oxygen atoms in total. The lowest BCUT2D eigenvalue weighted by Gasteiger charge is -2.25. The lowest BCUT2D eigenvalue weighted by Crippen LogP contribution is -2.29. The maximum absolute atomic E-state index is 9.37. The van der Waals surface area contributed by atoms with E-state index in [4.69, 9.17) is 0 Å². The minimum Gasteiger partial charge on any atom is -0.394 e. The second-order valence-corrected chi connectivity index (χ2v) is 6.46. The van der Waals surface area contributed by atoms with Gasteiger partial charge in [0, 0.05) is 5.69 Å². The van der Waals surface area contributed by atoms with Gasteiger partial charge in [-0.2, -0.15) is 0 Å². The molecule has 2 N–H and O–H groups in total. The van der Waals surface area contributed by atoms with E-state index in [0.29, 0.717) is 5.92 Å². The minimum atomic E-state index is 0.115. The van der Waals surface area contributed by atoms with Crippen LogP contribution in [-0.4, -0.2) is 17.8 Å². The first-order chi connectivity index (χ1) is 8.25. The SMILES string of the molecule is Cc1cc(C(C)(C)C)ccc1NC(CO)C(C)C. The summed E-state index contributed by atoms with van der Waals surface area (Å²) in [5.74, 6) is 0.414. The summed E-state index contributed by atoms with van der Waals surface area (Å²) in [6, 6.07) is 6.64. The van der Waals surface area contributed by atoms with Gasteiger partial charge < -0.3 is 10.4 Å². The standard InChI is InChI=1S/C16H27NO/c1-11(2)15(10-18)17-14-8-7-13(9-12(14)3)16(4,5)6/h7-9,11,15,17-18H,10H2,1-6H3. The predicted octanol–water partition coefficient (Wildman–Crippen LogP) is 3.72. The number of aliphatic hydroxyl groups excluding tert-OH is 1. The van der Waals surface area contributed by atoms with Crippen LogP contribution in [0.25, 0.3) is 0 Å². The molecule has 0 radical (unpaired) electrons. The number of aliphatic hydroxyl groups is 1. The van der Waals surface area contributed by atoms with Crippen LogP contribution in [0.4, 0.5) is 5.69 Å². The maximum Gasteiger partial charge on any atom is 0.0635 e. The summed E-state index contributed by atoms with van der Waals surface area (Å²) in [5.41, 5.74) is 3.88. The van der Waals surface area contributed by atoms with E-state index >= 15 is 0 Å². The number of hydrogen-bond acceptors (Lipinski definition) is 2. The van der Waals surface area contributed by atoms with Gasteiger partial charge in [-0.15, -0.1) is 0 Å². The van der Waals surface area contributed by atoms with Crippen LogP contribution in [0.2, 0.25) is 0 Å². The molecule has 0 aliphatic rings. The summed E-state index contributed by atoms with van der Waals surface area (Å²) in [7, 11) is 0. The quantitative estimate of drug-likeness (QED) is 0.852. The van der Waals surface area contributed by atoms with Gasteiger partial charge in [-0.05, 0) is 35.4 Å². The highest BCUT2D eigenvalue weighted by molar-refractivity contribution is 5.53. The van der Waals surface area contributed by atoms with Gasteiger partial charge in [-0.25, -0.2) is 0 Å². The zero-order chi connectivity index (χ0) is 13.9. The largest absolute Gasteiger partial charge is 0.394 e.